The number of likely N-dealkylation sites (N-methyl/N-ethyl adjacent to an activating group) is 1. The molecule has 2 atom stereocenters. The second-order valence-electron chi connectivity index (χ2n) is 10.1. The monoisotopic (exact) mass is 521 g/mol. The minimum Gasteiger partial charge on any atom is -0.383 e. The Morgan fingerprint density at radius 3 is 2.47 bits per heavy atom. The number of halogens is 2. The number of rotatable bonds is 4. The molecular weight excluding hydrogens is 490 g/mol. The van der Waals surface area contributed by atoms with Crippen LogP contribution < -0.4 is 16.0 Å². The maximum absolute atomic E-state index is 15.7. The summed E-state index contributed by atoms with van der Waals surface area (Å²) in [7, 11) is 2.04. The highest BCUT2D eigenvalue weighted by Gasteiger charge is 2.32. The van der Waals surface area contributed by atoms with Crippen LogP contribution in [0.2, 0.25) is 0 Å². The normalized spacial score (nSPS) is 19.7. The molecule has 2 unspecified atom stereocenters. The van der Waals surface area contributed by atoms with Crippen molar-refractivity contribution in [2.24, 2.45) is 0 Å². The van der Waals surface area contributed by atoms with Crippen LogP contribution in [-0.2, 0) is 6.42 Å². The number of piperazine rings is 1. The highest BCUT2D eigenvalue weighted by atomic mass is 19.1. The molecule has 0 spiro atoms. The van der Waals surface area contributed by atoms with E-state index in [1.54, 1.807) is 12.1 Å². The molecule has 3 heterocycles. The zero-order valence-corrected chi connectivity index (χ0v) is 21.6. The minimum atomic E-state index is -0.934. The van der Waals surface area contributed by atoms with Crippen molar-refractivity contribution in [1.29, 1.82) is 0 Å². The van der Waals surface area contributed by atoms with Gasteiger partial charge in [0.1, 0.15) is 17.3 Å². The number of benzene rings is 2. The molecule has 2 aromatic carbocycles. The fourth-order valence-corrected chi connectivity index (χ4v) is 5.34. The van der Waals surface area contributed by atoms with E-state index in [4.69, 9.17) is 5.73 Å². The molecule has 4 N–H and O–H groups in total. The summed E-state index contributed by atoms with van der Waals surface area (Å²) in [4.78, 5) is 20.2. The van der Waals surface area contributed by atoms with Crippen LogP contribution in [0.15, 0.2) is 36.4 Å². The van der Waals surface area contributed by atoms with Crippen molar-refractivity contribution in [1.82, 2.24) is 15.2 Å². The first kappa shape index (κ1) is 25.6. The first-order valence-corrected chi connectivity index (χ1v) is 12.5. The van der Waals surface area contributed by atoms with Crippen molar-refractivity contribution in [2.75, 3.05) is 37.3 Å². The smallest absolute Gasteiger partial charge is 0.280 e. The van der Waals surface area contributed by atoms with Gasteiger partial charge in [-0.3, -0.25) is 14.9 Å². The summed E-state index contributed by atoms with van der Waals surface area (Å²) in [6.07, 6.45) is 0.648. The van der Waals surface area contributed by atoms with E-state index in [1.165, 1.54) is 18.2 Å². The van der Waals surface area contributed by atoms with Gasteiger partial charge in [0.15, 0.2) is 6.72 Å². The van der Waals surface area contributed by atoms with Crippen LogP contribution in [0.4, 0.5) is 26.0 Å². The molecule has 10 heteroatoms. The third kappa shape index (κ3) is 4.45. The Balaban J connectivity index is 1.60. The number of carbonyl (C=O) groups is 1. The van der Waals surface area contributed by atoms with E-state index >= 15 is 8.78 Å². The number of fused-ring (bicyclic) bond motifs is 1. The van der Waals surface area contributed by atoms with Gasteiger partial charge in [0.05, 0.1) is 0 Å². The Labute approximate surface area is 220 Å². The van der Waals surface area contributed by atoms with Crippen molar-refractivity contribution in [3.8, 4) is 22.3 Å². The summed E-state index contributed by atoms with van der Waals surface area (Å²) < 4.78 is 31.5. The summed E-state index contributed by atoms with van der Waals surface area (Å²) in [6, 6.07) is 9.78. The van der Waals surface area contributed by atoms with Crippen LogP contribution in [-0.4, -0.2) is 71.2 Å². The fraction of sp³-hybridized carbons (Fsp3) is 0.321. The maximum atomic E-state index is 15.7. The number of anilines is 2. The Hall–Kier alpha value is -4.05. The summed E-state index contributed by atoms with van der Waals surface area (Å²) >= 11 is 0. The lowest BCUT2D eigenvalue weighted by molar-refractivity contribution is -0.705. The molecule has 2 aliphatic rings. The first-order chi connectivity index (χ1) is 18.0. The van der Waals surface area contributed by atoms with E-state index in [1.807, 2.05) is 18.0 Å². The van der Waals surface area contributed by atoms with Gasteiger partial charge in [-0.25, -0.2) is 9.37 Å². The van der Waals surface area contributed by atoms with Gasteiger partial charge < -0.3 is 16.0 Å². The van der Waals surface area contributed by atoms with Gasteiger partial charge >= 0.3 is 0 Å². The van der Waals surface area contributed by atoms with Crippen LogP contribution in [0, 0.1) is 11.8 Å². The molecule has 0 aliphatic carbocycles. The number of pyridine rings is 1. The van der Waals surface area contributed by atoms with E-state index in [0.717, 1.165) is 5.56 Å². The molecule has 1 amide bonds. The molecule has 38 heavy (non-hydrogen) atoms. The third-order valence-electron chi connectivity index (χ3n) is 7.68. The van der Waals surface area contributed by atoms with Crippen LogP contribution in [0.1, 0.15) is 29.8 Å². The van der Waals surface area contributed by atoms with Crippen molar-refractivity contribution in [2.45, 2.75) is 32.4 Å². The topological polar surface area (TPSA) is 97.7 Å². The highest BCUT2D eigenvalue weighted by molar-refractivity contribution is 5.97. The van der Waals surface area contributed by atoms with Gasteiger partial charge in [-0.2, -0.15) is 4.39 Å². The molecule has 0 saturated carbocycles. The third-order valence-corrected chi connectivity index (χ3v) is 7.68. The van der Waals surface area contributed by atoms with Crippen molar-refractivity contribution >= 4 is 29.8 Å². The Morgan fingerprint density at radius 2 is 1.79 bits per heavy atom. The number of nitrogen functional groups attached to an aromatic ring is 1. The van der Waals surface area contributed by atoms with Crippen molar-refractivity contribution < 1.29 is 23.5 Å². The number of amides is 1. The quantitative estimate of drug-likeness (QED) is 0.159. The van der Waals surface area contributed by atoms with Crippen LogP contribution >= 0.6 is 0 Å². The lowest BCUT2D eigenvalue weighted by atomic mass is 9.93. The number of aromatic nitrogens is 1. The van der Waals surface area contributed by atoms with E-state index in [-0.39, 0.29) is 40.6 Å². The summed E-state index contributed by atoms with van der Waals surface area (Å²) in [5.74, 6) is -1.80. The van der Waals surface area contributed by atoms with E-state index in [9.17, 15) is 10.0 Å². The second-order valence-corrected chi connectivity index (χ2v) is 10.1. The summed E-state index contributed by atoms with van der Waals surface area (Å²) in [5.41, 5.74) is 9.09. The second kappa shape index (κ2) is 9.68. The number of carbonyl (C=O) groups excluding carboxylic acids is 1. The molecule has 1 fully saturated rings. The van der Waals surface area contributed by atoms with Gasteiger partial charge in [0.25, 0.3) is 11.6 Å². The zero-order valence-electron chi connectivity index (χ0n) is 21.6. The Kier molecular flexibility index (Phi) is 6.52. The fourth-order valence-electron chi connectivity index (χ4n) is 5.34. The summed E-state index contributed by atoms with van der Waals surface area (Å²) in [6.45, 7) is 9.53. The molecule has 8 nitrogen and oxygen atoms in total. The largest absolute Gasteiger partial charge is 0.383 e. The number of hydrogen-bond acceptors (Lipinski definition) is 6. The van der Waals surface area contributed by atoms with Crippen LogP contribution in [0.5, 0.6) is 0 Å². The van der Waals surface area contributed by atoms with Gasteiger partial charge in [-0.05, 0) is 50.6 Å². The molecule has 0 radical (unpaired) electrons. The lowest BCUT2D eigenvalue weighted by Gasteiger charge is -2.43. The molecule has 1 saturated heterocycles. The van der Waals surface area contributed by atoms with Gasteiger partial charge in [-0.15, -0.1) is 0 Å². The lowest BCUT2D eigenvalue weighted by Crippen LogP contribution is -2.55. The molecule has 5 rings (SSSR count). The average molecular weight is 522 g/mol. The van der Waals surface area contributed by atoms with E-state index in [2.05, 4.69) is 35.8 Å². The maximum Gasteiger partial charge on any atom is 0.280 e. The summed E-state index contributed by atoms with van der Waals surface area (Å²) in [5, 5.41) is 13.2. The SMILES string of the molecule is C=[N+](O)c1cc(-c2cc(-c3ccc4c(c3)CCNC4=O)c(N)nc2F)c(F)cc1N1CC(C)N(C)C(C)C1. The van der Waals surface area contributed by atoms with Crippen molar-refractivity contribution in [3.05, 3.63) is 59.3 Å². The molecule has 198 valence electrons. The van der Waals surface area contributed by atoms with Crippen LogP contribution in [0.25, 0.3) is 22.3 Å². The molecule has 0 bridgehead atoms. The van der Waals surface area contributed by atoms with Crippen LogP contribution in [0.3, 0.4) is 0 Å². The zero-order chi connectivity index (χ0) is 27.3. The van der Waals surface area contributed by atoms with E-state index < -0.39 is 11.8 Å². The van der Waals surface area contributed by atoms with Gasteiger partial charge in [0.2, 0.25) is 5.95 Å². The van der Waals surface area contributed by atoms with Gasteiger partial charge in [-0.1, -0.05) is 12.1 Å². The molecular formula is C28H31F2N6O2+. The Bertz CT molecular complexity index is 1450. The van der Waals surface area contributed by atoms with E-state index in [0.29, 0.717) is 53.2 Å². The average Bonchev–Trinajstić information content (AvgIpc) is 2.87. The number of nitrogens with two attached hydrogens (primary N) is 1. The van der Waals surface area contributed by atoms with Gasteiger partial charge in [0, 0.05) is 70.8 Å². The minimum absolute atomic E-state index is 0.0509. The standard InChI is InChI=1S/C28H30F2N6O2/c1-15-13-36(14-16(2)34(15)3)25-12-23(29)21(11-24(25)35(4)38)22-10-20(27(31)33-26(22)30)17-5-6-19-18(9-17)7-8-32-28(19)37/h5-6,9-12,15-16H,4,7-8,13-14H2,1-3H3,(H3-,31,32,33,37,38)/p+1. The Morgan fingerprint density at radius 1 is 1.08 bits per heavy atom. The van der Waals surface area contributed by atoms with Crippen molar-refractivity contribution in [3.63, 3.8) is 0 Å². The highest BCUT2D eigenvalue weighted by Crippen LogP contribution is 2.39. The molecule has 1 aromatic heterocycles. The molecule has 3 aromatic rings. The predicted octanol–water partition coefficient (Wildman–Crippen LogP) is 3.82. The molecule has 2 aliphatic heterocycles. The number of hydrogen-bond donors (Lipinski definition) is 3. The number of nitrogens with zero attached hydrogens (tertiary/aromatic N) is 4. The first-order valence-electron chi connectivity index (χ1n) is 12.5. The number of nitrogens with one attached hydrogen (secondary N) is 1. The predicted molar refractivity (Wildman–Crippen MR) is 143 cm³/mol.